The SMILES string of the molecule is CC(=O)CCCCCCCC=CCCCCCCC(C)OC1OC(CO)C(O)C(O)C1OC1OC(CO)C(O)C(O)C1O. The van der Waals surface area contributed by atoms with Gasteiger partial charge in [-0.25, -0.2) is 0 Å². The summed E-state index contributed by atoms with van der Waals surface area (Å²) >= 11 is 0. The first kappa shape index (κ1) is 38.2. The molecule has 43 heavy (non-hydrogen) atoms. The molecule has 252 valence electrons. The predicted octanol–water partition coefficient (Wildman–Crippen LogP) is 1.23. The van der Waals surface area contributed by atoms with Crippen molar-refractivity contribution in [2.24, 2.45) is 0 Å². The van der Waals surface area contributed by atoms with Crippen LogP contribution >= 0.6 is 0 Å². The molecule has 2 heterocycles. The zero-order valence-corrected chi connectivity index (χ0v) is 25.8. The molecule has 2 aliphatic heterocycles. The maximum absolute atomic E-state index is 10.9. The van der Waals surface area contributed by atoms with E-state index >= 15 is 0 Å². The third kappa shape index (κ3) is 13.1. The Morgan fingerprint density at radius 3 is 1.79 bits per heavy atom. The third-order valence-corrected chi connectivity index (χ3v) is 8.13. The summed E-state index contributed by atoms with van der Waals surface area (Å²) in [7, 11) is 0. The number of aliphatic hydroxyl groups excluding tert-OH is 7. The lowest BCUT2D eigenvalue weighted by atomic mass is 9.97. The zero-order valence-electron chi connectivity index (χ0n) is 25.8. The smallest absolute Gasteiger partial charge is 0.187 e. The molecule has 2 rings (SSSR count). The Bertz CT molecular complexity index is 780. The van der Waals surface area contributed by atoms with Crippen molar-refractivity contribution in [3.8, 4) is 0 Å². The van der Waals surface area contributed by atoms with Crippen LogP contribution in [0.5, 0.6) is 0 Å². The second-order valence-electron chi connectivity index (χ2n) is 11.9. The Kier molecular flexibility index (Phi) is 18.5. The number of ether oxygens (including phenoxy) is 4. The van der Waals surface area contributed by atoms with E-state index in [1.165, 1.54) is 19.3 Å². The van der Waals surface area contributed by atoms with Crippen LogP contribution in [0.1, 0.15) is 97.3 Å². The van der Waals surface area contributed by atoms with Gasteiger partial charge in [0.15, 0.2) is 12.6 Å². The van der Waals surface area contributed by atoms with Crippen LogP contribution in [-0.4, -0.2) is 122 Å². The summed E-state index contributed by atoms with van der Waals surface area (Å²) in [5, 5.41) is 70.7. The van der Waals surface area contributed by atoms with Crippen LogP contribution in [-0.2, 0) is 23.7 Å². The molecule has 0 saturated carbocycles. The number of ketones is 1. The van der Waals surface area contributed by atoms with Crippen LogP contribution in [0.2, 0.25) is 0 Å². The van der Waals surface area contributed by atoms with Gasteiger partial charge in [-0.05, 0) is 52.4 Å². The van der Waals surface area contributed by atoms with Crippen molar-refractivity contribution in [1.82, 2.24) is 0 Å². The van der Waals surface area contributed by atoms with Crippen LogP contribution in [0.25, 0.3) is 0 Å². The van der Waals surface area contributed by atoms with Crippen molar-refractivity contribution in [3.63, 3.8) is 0 Å². The van der Waals surface area contributed by atoms with Crippen molar-refractivity contribution in [2.75, 3.05) is 13.2 Å². The minimum Gasteiger partial charge on any atom is -0.394 e. The van der Waals surface area contributed by atoms with Gasteiger partial charge in [0, 0.05) is 6.42 Å². The molecule has 0 aliphatic carbocycles. The van der Waals surface area contributed by atoms with E-state index in [0.29, 0.717) is 12.8 Å². The van der Waals surface area contributed by atoms with E-state index in [4.69, 9.17) is 18.9 Å². The van der Waals surface area contributed by atoms with Gasteiger partial charge in [0.2, 0.25) is 0 Å². The molecule has 11 unspecified atom stereocenters. The zero-order chi connectivity index (χ0) is 31.8. The summed E-state index contributed by atoms with van der Waals surface area (Å²) in [5.41, 5.74) is 0. The standard InChI is InChI=1S/C31H56O12/c1-20(34)16-14-12-10-8-6-4-3-5-7-9-11-13-15-17-21(2)40-31-29(27(38)25(36)23(19-33)42-31)43-30-28(39)26(37)24(35)22(18-32)41-30/h3,5,21-33,35-39H,4,6-19H2,1-2H3. The molecule has 0 aromatic rings. The van der Waals surface area contributed by atoms with Crippen LogP contribution < -0.4 is 0 Å². The number of hydrogen-bond acceptors (Lipinski definition) is 12. The van der Waals surface area contributed by atoms with E-state index in [2.05, 4.69) is 12.2 Å². The quantitative estimate of drug-likeness (QED) is 0.0717. The molecule has 2 fully saturated rings. The molecule has 0 spiro atoms. The molecular weight excluding hydrogens is 564 g/mol. The van der Waals surface area contributed by atoms with Crippen LogP contribution in [0.4, 0.5) is 0 Å². The van der Waals surface area contributed by atoms with Gasteiger partial charge in [0.25, 0.3) is 0 Å². The first-order chi connectivity index (χ1) is 20.6. The molecule has 0 aromatic heterocycles. The molecule has 2 saturated heterocycles. The Morgan fingerprint density at radius 2 is 1.21 bits per heavy atom. The second-order valence-corrected chi connectivity index (χ2v) is 11.9. The number of allylic oxidation sites excluding steroid dienone is 2. The van der Waals surface area contributed by atoms with Gasteiger partial charge < -0.3 is 59.5 Å². The van der Waals surface area contributed by atoms with Crippen molar-refractivity contribution < 1.29 is 59.5 Å². The first-order valence-electron chi connectivity index (χ1n) is 16.0. The molecule has 0 amide bonds. The molecule has 0 aromatic carbocycles. The first-order valence-corrected chi connectivity index (χ1v) is 16.0. The summed E-state index contributed by atoms with van der Waals surface area (Å²) in [5.74, 6) is 0.273. The summed E-state index contributed by atoms with van der Waals surface area (Å²) in [6, 6.07) is 0. The highest BCUT2D eigenvalue weighted by Crippen LogP contribution is 2.30. The Morgan fingerprint density at radius 1 is 0.698 bits per heavy atom. The number of rotatable bonds is 21. The van der Waals surface area contributed by atoms with E-state index < -0.39 is 74.6 Å². The molecule has 7 N–H and O–H groups in total. The average molecular weight is 621 g/mol. The molecule has 2 aliphatic rings. The van der Waals surface area contributed by atoms with Crippen molar-refractivity contribution >= 4 is 5.78 Å². The van der Waals surface area contributed by atoms with Crippen molar-refractivity contribution in [3.05, 3.63) is 12.2 Å². The van der Waals surface area contributed by atoms with Gasteiger partial charge in [0.05, 0.1) is 19.3 Å². The Hall–Kier alpha value is -1.03. The number of Topliss-reactive ketones (excluding diaryl/α,β-unsaturated/α-hetero) is 1. The average Bonchev–Trinajstić information content (AvgIpc) is 2.98. The molecule has 0 radical (unpaired) electrons. The number of carbonyl (C=O) groups excluding carboxylic acids is 1. The van der Waals surface area contributed by atoms with E-state index in [9.17, 15) is 40.5 Å². The number of carbonyl (C=O) groups is 1. The lowest BCUT2D eigenvalue weighted by molar-refractivity contribution is -0.371. The maximum atomic E-state index is 10.9. The van der Waals surface area contributed by atoms with Crippen LogP contribution in [0.3, 0.4) is 0 Å². The fourth-order valence-electron chi connectivity index (χ4n) is 5.39. The molecule has 0 bridgehead atoms. The van der Waals surface area contributed by atoms with Crippen molar-refractivity contribution in [1.29, 1.82) is 0 Å². The van der Waals surface area contributed by atoms with Gasteiger partial charge >= 0.3 is 0 Å². The minimum atomic E-state index is -1.71. The van der Waals surface area contributed by atoms with E-state index in [1.54, 1.807) is 6.92 Å². The minimum absolute atomic E-state index is 0.273. The predicted molar refractivity (Wildman–Crippen MR) is 157 cm³/mol. The van der Waals surface area contributed by atoms with Crippen LogP contribution in [0, 0.1) is 0 Å². The normalized spacial score (nSPS) is 34.1. The van der Waals surface area contributed by atoms with E-state index in [1.807, 2.05) is 6.92 Å². The fraction of sp³-hybridized carbons (Fsp3) is 0.903. The molecular formula is C31H56O12. The van der Waals surface area contributed by atoms with Gasteiger partial charge in [-0.2, -0.15) is 0 Å². The van der Waals surface area contributed by atoms with Crippen LogP contribution in [0.15, 0.2) is 12.2 Å². The van der Waals surface area contributed by atoms with Gasteiger partial charge in [0.1, 0.15) is 54.6 Å². The fourth-order valence-corrected chi connectivity index (χ4v) is 5.39. The number of aliphatic hydroxyl groups is 7. The summed E-state index contributed by atoms with van der Waals surface area (Å²) in [6.07, 6.45) is 2.92. The third-order valence-electron chi connectivity index (χ3n) is 8.13. The monoisotopic (exact) mass is 620 g/mol. The lowest BCUT2D eigenvalue weighted by Gasteiger charge is -2.46. The second kappa shape index (κ2) is 20.9. The molecule has 12 heteroatoms. The summed E-state index contributed by atoms with van der Waals surface area (Å²) < 4.78 is 22.8. The molecule has 11 atom stereocenters. The highest BCUT2D eigenvalue weighted by atomic mass is 16.8. The summed E-state index contributed by atoms with van der Waals surface area (Å²) in [4.78, 5) is 10.9. The maximum Gasteiger partial charge on any atom is 0.187 e. The number of unbranched alkanes of at least 4 members (excludes halogenated alkanes) is 9. The largest absolute Gasteiger partial charge is 0.394 e. The van der Waals surface area contributed by atoms with Gasteiger partial charge in [-0.3, -0.25) is 0 Å². The highest BCUT2D eigenvalue weighted by Gasteiger charge is 2.51. The molecule has 12 nitrogen and oxygen atoms in total. The Labute approximate surface area is 255 Å². The van der Waals surface area contributed by atoms with E-state index in [0.717, 1.165) is 51.4 Å². The van der Waals surface area contributed by atoms with Gasteiger partial charge in [-0.15, -0.1) is 0 Å². The van der Waals surface area contributed by atoms with Crippen molar-refractivity contribution in [2.45, 2.75) is 165 Å². The topological polar surface area (TPSA) is 196 Å². The van der Waals surface area contributed by atoms with Gasteiger partial charge in [-0.1, -0.05) is 50.7 Å². The summed E-state index contributed by atoms with van der Waals surface area (Å²) in [6.45, 7) is 2.26. The highest BCUT2D eigenvalue weighted by molar-refractivity contribution is 5.75. The lowest BCUT2D eigenvalue weighted by Crippen LogP contribution is -2.64. The van der Waals surface area contributed by atoms with E-state index in [-0.39, 0.29) is 11.9 Å². The Balaban J connectivity index is 1.71. The number of hydrogen-bond donors (Lipinski definition) is 7.